The zero-order valence-electron chi connectivity index (χ0n) is 16.5. The largest absolute Gasteiger partial charge is 0.496 e. The summed E-state index contributed by atoms with van der Waals surface area (Å²) in [4.78, 5) is 11.2. The minimum atomic E-state index is -0.330. The Balaban J connectivity index is 2.77. The van der Waals surface area contributed by atoms with Crippen LogP contribution in [0.15, 0.2) is 41.5 Å². The molecule has 0 radical (unpaired) electrons. The molecule has 0 saturated heterocycles. The normalized spacial score (nSPS) is 12.6. The molecule has 0 aliphatic carbocycles. The van der Waals surface area contributed by atoms with E-state index in [1.807, 2.05) is 19.1 Å². The summed E-state index contributed by atoms with van der Waals surface area (Å²) in [6.07, 6.45) is 9.47. The Morgan fingerprint density at radius 2 is 1.80 bits per heavy atom. The second-order valence-corrected chi connectivity index (χ2v) is 6.41. The van der Waals surface area contributed by atoms with Crippen molar-refractivity contribution in [2.75, 3.05) is 14.2 Å². The van der Waals surface area contributed by atoms with Crippen LogP contribution in [0, 0.1) is 20.8 Å². The summed E-state index contributed by atoms with van der Waals surface area (Å²) in [5.41, 5.74) is 7.38. The first-order valence-electron chi connectivity index (χ1n) is 8.53. The Morgan fingerprint density at radius 3 is 2.40 bits per heavy atom. The van der Waals surface area contributed by atoms with Crippen molar-refractivity contribution in [3.63, 3.8) is 0 Å². The van der Waals surface area contributed by atoms with Crippen LogP contribution in [0.4, 0.5) is 0 Å². The van der Waals surface area contributed by atoms with E-state index in [1.165, 1.54) is 41.0 Å². The molecule has 1 aromatic carbocycles. The maximum absolute atomic E-state index is 11.2. The fraction of sp³-hybridized carbons (Fsp3) is 0.409. The van der Waals surface area contributed by atoms with E-state index >= 15 is 0 Å². The first kappa shape index (κ1) is 20.8. The molecule has 0 saturated carbocycles. The second-order valence-electron chi connectivity index (χ2n) is 6.41. The van der Waals surface area contributed by atoms with Gasteiger partial charge in [-0.2, -0.15) is 0 Å². The lowest BCUT2D eigenvalue weighted by Crippen LogP contribution is -2.00. The van der Waals surface area contributed by atoms with Crippen LogP contribution < -0.4 is 4.74 Å². The Kier molecular flexibility index (Phi) is 8.20. The molecule has 3 heteroatoms. The van der Waals surface area contributed by atoms with Gasteiger partial charge in [0, 0.05) is 6.08 Å². The predicted molar refractivity (Wildman–Crippen MR) is 104 cm³/mol. The number of ether oxygens (including phenoxy) is 2. The van der Waals surface area contributed by atoms with Crippen LogP contribution in [-0.4, -0.2) is 20.2 Å². The molecule has 0 heterocycles. The van der Waals surface area contributed by atoms with Crippen LogP contribution >= 0.6 is 0 Å². The van der Waals surface area contributed by atoms with Gasteiger partial charge in [0.25, 0.3) is 0 Å². The zero-order chi connectivity index (χ0) is 19.0. The quantitative estimate of drug-likeness (QED) is 0.389. The first-order chi connectivity index (χ1) is 11.8. The van der Waals surface area contributed by atoms with Gasteiger partial charge in [-0.15, -0.1) is 0 Å². The number of benzene rings is 1. The lowest BCUT2D eigenvalue weighted by molar-refractivity contribution is -0.134. The highest BCUT2D eigenvalue weighted by atomic mass is 16.5. The van der Waals surface area contributed by atoms with Gasteiger partial charge in [0.2, 0.25) is 0 Å². The molecule has 1 rings (SSSR count). The minimum Gasteiger partial charge on any atom is -0.496 e. The summed E-state index contributed by atoms with van der Waals surface area (Å²) < 4.78 is 10.1. The van der Waals surface area contributed by atoms with Gasteiger partial charge >= 0.3 is 5.97 Å². The van der Waals surface area contributed by atoms with Crippen molar-refractivity contribution in [1.82, 2.24) is 0 Å². The monoisotopic (exact) mass is 342 g/mol. The lowest BCUT2D eigenvalue weighted by atomic mass is 9.93. The number of esters is 1. The van der Waals surface area contributed by atoms with Crippen molar-refractivity contribution in [3.05, 3.63) is 63.8 Å². The molecular formula is C22H30O3. The van der Waals surface area contributed by atoms with Gasteiger partial charge in [0.1, 0.15) is 5.75 Å². The fourth-order valence-corrected chi connectivity index (χ4v) is 2.76. The third-order valence-electron chi connectivity index (χ3n) is 4.48. The summed E-state index contributed by atoms with van der Waals surface area (Å²) in [5, 5.41) is 0. The van der Waals surface area contributed by atoms with Gasteiger partial charge in [-0.1, -0.05) is 23.8 Å². The smallest absolute Gasteiger partial charge is 0.330 e. The Hall–Kier alpha value is -2.29. The molecule has 136 valence electrons. The molecule has 25 heavy (non-hydrogen) atoms. The van der Waals surface area contributed by atoms with Crippen LogP contribution in [-0.2, 0) is 16.0 Å². The van der Waals surface area contributed by atoms with Gasteiger partial charge in [-0.3, -0.25) is 0 Å². The summed E-state index contributed by atoms with van der Waals surface area (Å²) in [5.74, 6) is 0.630. The summed E-state index contributed by atoms with van der Waals surface area (Å²) in [7, 11) is 3.10. The molecular weight excluding hydrogens is 312 g/mol. The van der Waals surface area contributed by atoms with Crippen LogP contribution in [0.2, 0.25) is 0 Å². The number of carbonyl (C=O) groups excluding carboxylic acids is 1. The number of hydrogen-bond acceptors (Lipinski definition) is 3. The van der Waals surface area contributed by atoms with Crippen molar-refractivity contribution in [1.29, 1.82) is 0 Å². The van der Waals surface area contributed by atoms with E-state index in [4.69, 9.17) is 4.74 Å². The maximum atomic E-state index is 11.2. The molecule has 0 spiro atoms. The van der Waals surface area contributed by atoms with Crippen LogP contribution in [0.3, 0.4) is 0 Å². The Morgan fingerprint density at radius 1 is 1.12 bits per heavy atom. The van der Waals surface area contributed by atoms with Crippen molar-refractivity contribution in [3.8, 4) is 5.75 Å². The zero-order valence-corrected chi connectivity index (χ0v) is 16.5. The van der Waals surface area contributed by atoms with Gasteiger partial charge in [-0.25, -0.2) is 4.79 Å². The number of rotatable bonds is 7. The average molecular weight is 342 g/mol. The third kappa shape index (κ3) is 6.26. The van der Waals surface area contributed by atoms with E-state index in [0.29, 0.717) is 0 Å². The van der Waals surface area contributed by atoms with Gasteiger partial charge in [0.05, 0.1) is 14.2 Å². The number of carbonyl (C=O) groups is 1. The molecule has 0 aromatic heterocycles. The minimum absolute atomic E-state index is 0.330. The summed E-state index contributed by atoms with van der Waals surface area (Å²) in [6, 6.07) is 2.12. The molecule has 0 fully saturated rings. The third-order valence-corrected chi connectivity index (χ3v) is 4.48. The van der Waals surface area contributed by atoms with E-state index in [0.717, 1.165) is 24.2 Å². The SMILES string of the molecule is COC(=O)C=C(C)C=CC=C(C)CCc1c(C)cc(OC)c(C)c1C. The Bertz CT molecular complexity index is 706. The highest BCUT2D eigenvalue weighted by Gasteiger charge is 2.10. The van der Waals surface area contributed by atoms with Crippen LogP contribution in [0.5, 0.6) is 5.75 Å². The molecule has 3 nitrogen and oxygen atoms in total. The lowest BCUT2D eigenvalue weighted by Gasteiger charge is -2.16. The van der Waals surface area contributed by atoms with E-state index in [2.05, 4.69) is 44.6 Å². The van der Waals surface area contributed by atoms with Crippen LogP contribution in [0.1, 0.15) is 42.5 Å². The van der Waals surface area contributed by atoms with E-state index < -0.39 is 0 Å². The first-order valence-corrected chi connectivity index (χ1v) is 8.53. The van der Waals surface area contributed by atoms with Gasteiger partial charge in [0.15, 0.2) is 0 Å². The number of methoxy groups -OCH3 is 2. The van der Waals surface area contributed by atoms with E-state index in [-0.39, 0.29) is 5.97 Å². The predicted octanol–water partition coefficient (Wildman–Crippen LogP) is 5.17. The molecule has 0 aliphatic heterocycles. The van der Waals surface area contributed by atoms with Crippen molar-refractivity contribution >= 4 is 5.97 Å². The van der Waals surface area contributed by atoms with Crippen molar-refractivity contribution < 1.29 is 14.3 Å². The highest BCUT2D eigenvalue weighted by molar-refractivity contribution is 5.83. The number of aryl methyl sites for hydroxylation is 1. The summed E-state index contributed by atoms with van der Waals surface area (Å²) in [6.45, 7) is 10.4. The molecule has 0 bridgehead atoms. The van der Waals surface area contributed by atoms with Crippen molar-refractivity contribution in [2.45, 2.75) is 47.5 Å². The topological polar surface area (TPSA) is 35.5 Å². The molecule has 0 aliphatic rings. The molecule has 0 amide bonds. The van der Waals surface area contributed by atoms with Gasteiger partial charge < -0.3 is 9.47 Å². The molecule has 0 atom stereocenters. The summed E-state index contributed by atoms with van der Waals surface area (Å²) >= 11 is 0. The Labute approximate surface area is 152 Å². The number of hydrogen-bond donors (Lipinski definition) is 0. The van der Waals surface area contributed by atoms with Crippen LogP contribution in [0.25, 0.3) is 0 Å². The van der Waals surface area contributed by atoms with E-state index in [9.17, 15) is 4.79 Å². The average Bonchev–Trinajstić information content (AvgIpc) is 2.57. The standard InChI is InChI=1S/C22H30O3/c1-15(9-8-10-16(2)13-22(23)25-7)11-12-20-17(3)14-21(24-6)19(5)18(20)4/h8-10,13-14H,11-12H2,1-7H3. The fourth-order valence-electron chi connectivity index (χ4n) is 2.76. The molecule has 0 unspecified atom stereocenters. The molecule has 0 N–H and O–H groups in total. The van der Waals surface area contributed by atoms with Crippen molar-refractivity contribution in [2.24, 2.45) is 0 Å². The number of allylic oxidation sites excluding steroid dienone is 5. The second kappa shape index (κ2) is 9.87. The molecule has 1 aromatic rings. The van der Waals surface area contributed by atoms with Gasteiger partial charge in [-0.05, 0) is 81.4 Å². The maximum Gasteiger partial charge on any atom is 0.330 e. The highest BCUT2D eigenvalue weighted by Crippen LogP contribution is 2.28. The van der Waals surface area contributed by atoms with E-state index in [1.54, 1.807) is 7.11 Å².